The van der Waals surface area contributed by atoms with Gasteiger partial charge in [-0.25, -0.2) is 4.79 Å². The van der Waals surface area contributed by atoms with Gasteiger partial charge in [-0.1, -0.05) is 39.0 Å². The second kappa shape index (κ2) is 15.0. The van der Waals surface area contributed by atoms with Crippen molar-refractivity contribution < 1.29 is 38.9 Å². The van der Waals surface area contributed by atoms with Gasteiger partial charge in [0.2, 0.25) is 5.91 Å². The van der Waals surface area contributed by atoms with Crippen LogP contribution in [0.2, 0.25) is 0 Å². The summed E-state index contributed by atoms with van der Waals surface area (Å²) in [6.07, 6.45) is 1.69. The van der Waals surface area contributed by atoms with Crippen LogP contribution in [0, 0.1) is 29.1 Å². The van der Waals surface area contributed by atoms with E-state index in [9.17, 15) is 24.6 Å². The number of esters is 1. The minimum absolute atomic E-state index is 0.0242. The van der Waals surface area contributed by atoms with Crippen LogP contribution in [0.25, 0.3) is 11.1 Å². The van der Waals surface area contributed by atoms with Gasteiger partial charge in [0, 0.05) is 55.0 Å². The van der Waals surface area contributed by atoms with Gasteiger partial charge in [0.25, 0.3) is 5.91 Å². The number of hydrogen-bond donors (Lipinski definition) is 3. The molecule has 2 aromatic rings. The van der Waals surface area contributed by atoms with Crippen LogP contribution in [-0.4, -0.2) is 110 Å². The standard InChI is InChI=1S/C40H56N4O8/c1-22-30-18-27(40(30,3)4)19-31(22)41-37(47)35-34(23(2)46)33(21-45)52-44(35)20-24-11-9-12-29(36(24)50-7)25-15-26(17-28(16-25)42(5)6)38(48)43-14-10-13-32(43)39(49)51-8/h9,11-12,15-17,22-23,27,30-35,45-46H,10,13-14,18-21H2,1-8H3,(H,41,47)/t22-,23-,27+,30+,31?,32-,33-,34+,35-/m0/s1. The van der Waals surface area contributed by atoms with E-state index in [4.69, 9.17) is 14.3 Å². The highest BCUT2D eigenvalue weighted by molar-refractivity contribution is 5.99. The first-order chi connectivity index (χ1) is 24.7. The number of hydroxylamine groups is 2. The summed E-state index contributed by atoms with van der Waals surface area (Å²) in [5.74, 6) is 0.416. The van der Waals surface area contributed by atoms with Gasteiger partial charge >= 0.3 is 5.97 Å². The lowest BCUT2D eigenvalue weighted by Crippen LogP contribution is -2.62. The number of aliphatic hydroxyl groups is 2. The van der Waals surface area contributed by atoms with E-state index in [0.29, 0.717) is 48.5 Å². The summed E-state index contributed by atoms with van der Waals surface area (Å²) >= 11 is 0. The van der Waals surface area contributed by atoms with Crippen molar-refractivity contribution in [3.8, 4) is 16.9 Å². The Morgan fingerprint density at radius 3 is 2.50 bits per heavy atom. The van der Waals surface area contributed by atoms with Crippen molar-refractivity contribution in [2.45, 2.75) is 90.3 Å². The molecule has 7 rings (SSSR count). The number of para-hydroxylation sites is 1. The van der Waals surface area contributed by atoms with Crippen LogP contribution in [0.1, 0.15) is 69.3 Å². The average Bonchev–Trinajstić information content (AvgIpc) is 3.76. The molecule has 0 radical (unpaired) electrons. The Morgan fingerprint density at radius 2 is 1.88 bits per heavy atom. The summed E-state index contributed by atoms with van der Waals surface area (Å²) in [6, 6.07) is 9.86. The van der Waals surface area contributed by atoms with Crippen LogP contribution in [0.15, 0.2) is 36.4 Å². The van der Waals surface area contributed by atoms with Gasteiger partial charge < -0.3 is 34.8 Å². The highest BCUT2D eigenvalue weighted by Crippen LogP contribution is 2.61. The molecule has 1 unspecified atom stereocenters. The van der Waals surface area contributed by atoms with Crippen molar-refractivity contribution in [3.63, 3.8) is 0 Å². The van der Waals surface area contributed by atoms with Crippen molar-refractivity contribution in [2.24, 2.45) is 29.1 Å². The quantitative estimate of drug-likeness (QED) is 0.293. The molecule has 52 heavy (non-hydrogen) atoms. The Balaban J connectivity index is 1.31. The van der Waals surface area contributed by atoms with E-state index in [2.05, 4.69) is 26.1 Å². The third kappa shape index (κ3) is 6.79. The molecule has 3 aliphatic carbocycles. The second-order valence-corrected chi connectivity index (χ2v) is 16.1. The van der Waals surface area contributed by atoms with Crippen LogP contribution in [0.5, 0.6) is 5.75 Å². The van der Waals surface area contributed by atoms with Gasteiger partial charge in [0.1, 0.15) is 23.9 Å². The summed E-state index contributed by atoms with van der Waals surface area (Å²) < 4.78 is 11.0. The molecule has 2 amide bonds. The number of methoxy groups -OCH3 is 2. The van der Waals surface area contributed by atoms with Gasteiger partial charge in [-0.15, -0.1) is 0 Å². The normalized spacial score (nSPS) is 30.0. The average molecular weight is 721 g/mol. The Hall–Kier alpha value is -3.71. The summed E-state index contributed by atoms with van der Waals surface area (Å²) in [5.41, 5.74) is 3.70. The van der Waals surface area contributed by atoms with Crippen molar-refractivity contribution in [1.82, 2.24) is 15.3 Å². The molecule has 12 nitrogen and oxygen atoms in total. The van der Waals surface area contributed by atoms with E-state index in [1.807, 2.05) is 55.4 Å². The fourth-order valence-corrected chi connectivity index (χ4v) is 9.53. The first-order valence-electron chi connectivity index (χ1n) is 18.6. The molecule has 3 N–H and O–H groups in total. The predicted octanol–water partition coefficient (Wildman–Crippen LogP) is 3.87. The lowest BCUT2D eigenvalue weighted by atomic mass is 9.45. The smallest absolute Gasteiger partial charge is 0.328 e. The third-order valence-electron chi connectivity index (χ3n) is 12.7. The first-order valence-corrected chi connectivity index (χ1v) is 18.6. The molecule has 5 aliphatic rings. The number of rotatable bonds is 11. The van der Waals surface area contributed by atoms with Crippen molar-refractivity contribution in [3.05, 3.63) is 47.5 Å². The molecule has 3 saturated carbocycles. The molecule has 2 bridgehead atoms. The number of fused-ring (bicyclic) bond motifs is 2. The molecule has 2 saturated heterocycles. The third-order valence-corrected chi connectivity index (χ3v) is 12.7. The number of anilines is 1. The van der Waals surface area contributed by atoms with Gasteiger partial charge in [0.05, 0.1) is 33.5 Å². The van der Waals surface area contributed by atoms with E-state index in [1.54, 1.807) is 24.0 Å². The number of likely N-dealkylation sites (tertiary alicyclic amines) is 1. The molecule has 2 aliphatic heterocycles. The number of amides is 2. The molecule has 12 heteroatoms. The van der Waals surface area contributed by atoms with Crippen LogP contribution >= 0.6 is 0 Å². The SMILES string of the molecule is COC(=O)[C@@H]1CCCN1C(=O)c1cc(-c2cccc(CN3O[C@@H](CO)[C@@H]([C@H](C)O)[C@H]3C(=O)NC3C[C@H]4C[C@H]([C@@H]3C)C4(C)C)c2OC)cc(N(C)C)c1. The molecule has 2 heterocycles. The minimum Gasteiger partial charge on any atom is -0.496 e. The van der Waals surface area contributed by atoms with Gasteiger partial charge in [-0.3, -0.25) is 14.4 Å². The summed E-state index contributed by atoms with van der Waals surface area (Å²) in [6.45, 7) is 8.76. The van der Waals surface area contributed by atoms with Crippen LogP contribution in [-0.2, 0) is 25.7 Å². The first kappa shape index (κ1) is 38.0. The van der Waals surface area contributed by atoms with Crippen molar-refractivity contribution >= 4 is 23.5 Å². The zero-order valence-corrected chi connectivity index (χ0v) is 31.8. The molecule has 0 spiro atoms. The summed E-state index contributed by atoms with van der Waals surface area (Å²) in [7, 11) is 6.72. The molecular weight excluding hydrogens is 664 g/mol. The lowest BCUT2D eigenvalue weighted by Gasteiger charge is -2.62. The maximum absolute atomic E-state index is 14.2. The number of ether oxygens (including phenoxy) is 2. The number of nitrogens with zero attached hydrogens (tertiary/aromatic N) is 3. The highest BCUT2D eigenvalue weighted by atomic mass is 16.7. The fourth-order valence-electron chi connectivity index (χ4n) is 9.53. The number of aliphatic hydroxyl groups excluding tert-OH is 2. The van der Waals surface area contributed by atoms with Gasteiger partial charge in [-0.2, -0.15) is 5.06 Å². The van der Waals surface area contributed by atoms with Gasteiger partial charge in [0.15, 0.2) is 0 Å². The topological polar surface area (TPSA) is 141 Å². The van der Waals surface area contributed by atoms with E-state index in [0.717, 1.165) is 28.8 Å². The zero-order chi connectivity index (χ0) is 37.6. The van der Waals surface area contributed by atoms with Crippen LogP contribution in [0.4, 0.5) is 5.69 Å². The highest BCUT2D eigenvalue weighted by Gasteiger charge is 2.57. The number of carbonyl (C=O) groups excluding carboxylic acids is 3. The number of nitrogens with one attached hydrogen (secondary N) is 1. The number of hydrogen-bond acceptors (Lipinski definition) is 10. The Morgan fingerprint density at radius 1 is 1.13 bits per heavy atom. The maximum Gasteiger partial charge on any atom is 0.328 e. The molecule has 5 fully saturated rings. The molecule has 2 aromatic carbocycles. The molecule has 0 aromatic heterocycles. The zero-order valence-electron chi connectivity index (χ0n) is 31.8. The summed E-state index contributed by atoms with van der Waals surface area (Å²) in [4.78, 5) is 50.4. The Bertz CT molecular complexity index is 1660. The maximum atomic E-state index is 14.2. The molecular formula is C40H56N4O8. The number of carbonyl (C=O) groups is 3. The summed E-state index contributed by atoms with van der Waals surface area (Å²) in [5, 5.41) is 26.2. The van der Waals surface area contributed by atoms with Crippen molar-refractivity contribution in [2.75, 3.05) is 46.4 Å². The van der Waals surface area contributed by atoms with Gasteiger partial charge in [-0.05, 0) is 79.5 Å². The monoisotopic (exact) mass is 720 g/mol. The van der Waals surface area contributed by atoms with Crippen molar-refractivity contribution in [1.29, 1.82) is 0 Å². The molecule has 9 atom stereocenters. The Kier molecular flexibility index (Phi) is 10.9. The van der Waals surface area contributed by atoms with E-state index in [-0.39, 0.29) is 36.4 Å². The number of benzene rings is 2. The largest absolute Gasteiger partial charge is 0.496 e. The van der Waals surface area contributed by atoms with E-state index in [1.165, 1.54) is 13.5 Å². The minimum atomic E-state index is -0.915. The fraction of sp³-hybridized carbons (Fsp3) is 0.625. The van der Waals surface area contributed by atoms with Crippen LogP contribution in [0.3, 0.4) is 0 Å². The van der Waals surface area contributed by atoms with E-state index < -0.39 is 36.2 Å². The van der Waals surface area contributed by atoms with E-state index >= 15 is 0 Å². The lowest BCUT2D eigenvalue weighted by molar-refractivity contribution is -0.183. The predicted molar refractivity (Wildman–Crippen MR) is 196 cm³/mol. The molecule has 284 valence electrons. The van der Waals surface area contributed by atoms with Crippen LogP contribution < -0.4 is 15.0 Å². The second-order valence-electron chi connectivity index (χ2n) is 16.1. The Labute approximate surface area is 307 Å².